The average molecular weight is 195 g/mol. The summed E-state index contributed by atoms with van der Waals surface area (Å²) in [6, 6.07) is 0. The zero-order chi connectivity index (χ0) is 10.6. The smallest absolute Gasteiger partial charge is 0.198 e. The number of carbonyl (C=O) groups excluding carboxylic acids is 1. The minimum Gasteiger partial charge on any atom is -0.332 e. The number of ketones is 1. The van der Waals surface area contributed by atoms with Gasteiger partial charge in [-0.15, -0.1) is 0 Å². The van der Waals surface area contributed by atoms with Crippen LogP contribution in [0.25, 0.3) is 0 Å². The molecule has 0 spiro atoms. The topological polar surface area (TPSA) is 60.9 Å². The van der Waals surface area contributed by atoms with Gasteiger partial charge in [0.1, 0.15) is 0 Å². The first-order valence-corrected chi connectivity index (χ1v) is 4.89. The number of nitrogens with zero attached hydrogens (tertiary/aromatic N) is 2. The third-order valence-electron chi connectivity index (χ3n) is 2.46. The maximum Gasteiger partial charge on any atom is 0.198 e. The predicted octanol–water partition coefficient (Wildman–Crippen LogP) is 0.978. The molecule has 78 valence electrons. The van der Waals surface area contributed by atoms with Gasteiger partial charge in [-0.05, 0) is 12.5 Å². The Balaban J connectivity index is 2.63. The molecule has 2 N–H and O–H groups in total. The fourth-order valence-electron chi connectivity index (χ4n) is 1.38. The first-order valence-electron chi connectivity index (χ1n) is 4.89. The maximum atomic E-state index is 11.7. The van der Waals surface area contributed by atoms with Crippen molar-refractivity contribution < 1.29 is 4.79 Å². The van der Waals surface area contributed by atoms with Crippen LogP contribution in [0.4, 0.5) is 0 Å². The SMILES string of the molecule is CCC(CN)CC(=O)c1nccn1C. The van der Waals surface area contributed by atoms with Gasteiger partial charge in [0.25, 0.3) is 0 Å². The van der Waals surface area contributed by atoms with E-state index in [0.29, 0.717) is 18.8 Å². The van der Waals surface area contributed by atoms with Crippen molar-refractivity contribution in [2.45, 2.75) is 19.8 Å². The molecular weight excluding hydrogens is 178 g/mol. The highest BCUT2D eigenvalue weighted by atomic mass is 16.1. The van der Waals surface area contributed by atoms with E-state index in [4.69, 9.17) is 5.73 Å². The van der Waals surface area contributed by atoms with Crippen molar-refractivity contribution in [1.82, 2.24) is 9.55 Å². The molecule has 0 aromatic carbocycles. The predicted molar refractivity (Wildman–Crippen MR) is 55.0 cm³/mol. The van der Waals surface area contributed by atoms with Crippen LogP contribution < -0.4 is 5.73 Å². The van der Waals surface area contributed by atoms with Crippen molar-refractivity contribution in [2.24, 2.45) is 18.7 Å². The third-order valence-corrected chi connectivity index (χ3v) is 2.46. The summed E-state index contributed by atoms with van der Waals surface area (Å²) in [6.45, 7) is 2.61. The number of Topliss-reactive ketones (excluding diaryl/α,β-unsaturated/α-hetero) is 1. The summed E-state index contributed by atoms with van der Waals surface area (Å²) in [5, 5.41) is 0. The molecule has 0 saturated heterocycles. The summed E-state index contributed by atoms with van der Waals surface area (Å²) < 4.78 is 1.74. The summed E-state index contributed by atoms with van der Waals surface area (Å²) in [5.41, 5.74) is 5.54. The Bertz CT molecular complexity index is 302. The minimum absolute atomic E-state index is 0.0785. The largest absolute Gasteiger partial charge is 0.332 e. The van der Waals surface area contributed by atoms with E-state index in [1.165, 1.54) is 0 Å². The molecule has 0 aliphatic rings. The molecule has 0 fully saturated rings. The zero-order valence-corrected chi connectivity index (χ0v) is 8.73. The molecular formula is C10H17N3O. The standard InChI is InChI=1S/C10H17N3O/c1-3-8(7-11)6-9(14)10-12-4-5-13(10)2/h4-5,8H,3,6-7,11H2,1-2H3. The summed E-state index contributed by atoms with van der Waals surface area (Å²) in [5.74, 6) is 0.880. The molecule has 4 nitrogen and oxygen atoms in total. The summed E-state index contributed by atoms with van der Waals surface area (Å²) in [7, 11) is 1.82. The number of aromatic nitrogens is 2. The monoisotopic (exact) mass is 195 g/mol. The maximum absolute atomic E-state index is 11.7. The Kier molecular flexibility index (Phi) is 3.83. The Labute approximate surface area is 84.1 Å². The number of hydrogen-bond acceptors (Lipinski definition) is 3. The van der Waals surface area contributed by atoms with Crippen molar-refractivity contribution in [1.29, 1.82) is 0 Å². The Morgan fingerprint density at radius 1 is 1.71 bits per heavy atom. The number of nitrogens with two attached hydrogens (primary N) is 1. The van der Waals surface area contributed by atoms with Crippen LogP contribution >= 0.6 is 0 Å². The molecule has 0 aliphatic carbocycles. The Morgan fingerprint density at radius 3 is 2.86 bits per heavy atom. The van der Waals surface area contributed by atoms with E-state index in [-0.39, 0.29) is 11.7 Å². The normalized spacial score (nSPS) is 12.8. The number of hydrogen-bond donors (Lipinski definition) is 1. The van der Waals surface area contributed by atoms with Crippen LogP contribution in [0.3, 0.4) is 0 Å². The van der Waals surface area contributed by atoms with Crippen molar-refractivity contribution in [3.05, 3.63) is 18.2 Å². The zero-order valence-electron chi connectivity index (χ0n) is 8.73. The summed E-state index contributed by atoms with van der Waals surface area (Å²) in [6.07, 6.45) is 4.85. The summed E-state index contributed by atoms with van der Waals surface area (Å²) >= 11 is 0. The first kappa shape index (κ1) is 10.9. The lowest BCUT2D eigenvalue weighted by Gasteiger charge is -2.10. The van der Waals surface area contributed by atoms with Crippen molar-refractivity contribution in [3.63, 3.8) is 0 Å². The van der Waals surface area contributed by atoms with Gasteiger partial charge in [-0.3, -0.25) is 4.79 Å². The van der Waals surface area contributed by atoms with E-state index in [2.05, 4.69) is 4.98 Å². The number of imidazole rings is 1. The fraction of sp³-hybridized carbons (Fsp3) is 0.600. The molecule has 4 heteroatoms. The van der Waals surface area contributed by atoms with Crippen LogP contribution in [0.5, 0.6) is 0 Å². The van der Waals surface area contributed by atoms with Gasteiger partial charge in [-0.2, -0.15) is 0 Å². The number of carbonyl (C=O) groups is 1. The Morgan fingerprint density at radius 2 is 2.43 bits per heavy atom. The van der Waals surface area contributed by atoms with Gasteiger partial charge in [0.05, 0.1) is 0 Å². The highest BCUT2D eigenvalue weighted by Gasteiger charge is 2.15. The molecule has 1 heterocycles. The van der Waals surface area contributed by atoms with Gasteiger partial charge < -0.3 is 10.3 Å². The molecule has 1 aromatic rings. The average Bonchev–Trinajstić information content (AvgIpc) is 2.60. The third kappa shape index (κ3) is 2.42. The molecule has 0 aliphatic heterocycles. The van der Waals surface area contributed by atoms with Crippen LogP contribution in [-0.4, -0.2) is 21.9 Å². The highest BCUT2D eigenvalue weighted by molar-refractivity contribution is 5.92. The van der Waals surface area contributed by atoms with Gasteiger partial charge in [0, 0.05) is 25.9 Å². The lowest BCUT2D eigenvalue weighted by atomic mass is 10.00. The second-order valence-corrected chi connectivity index (χ2v) is 3.50. The fourth-order valence-corrected chi connectivity index (χ4v) is 1.38. The molecule has 1 aromatic heterocycles. The second-order valence-electron chi connectivity index (χ2n) is 3.50. The lowest BCUT2D eigenvalue weighted by Crippen LogP contribution is -2.19. The van der Waals surface area contributed by atoms with Gasteiger partial charge >= 0.3 is 0 Å². The molecule has 0 bridgehead atoms. The van der Waals surface area contributed by atoms with E-state index in [1.807, 2.05) is 14.0 Å². The van der Waals surface area contributed by atoms with Crippen LogP contribution in [0, 0.1) is 5.92 Å². The first-order chi connectivity index (χ1) is 6.69. The van der Waals surface area contributed by atoms with E-state index in [1.54, 1.807) is 17.0 Å². The number of rotatable bonds is 5. The van der Waals surface area contributed by atoms with Crippen molar-refractivity contribution >= 4 is 5.78 Å². The van der Waals surface area contributed by atoms with Gasteiger partial charge in [0.15, 0.2) is 11.6 Å². The van der Waals surface area contributed by atoms with Gasteiger partial charge in [-0.1, -0.05) is 13.3 Å². The molecule has 0 saturated carbocycles. The van der Waals surface area contributed by atoms with Gasteiger partial charge in [0.2, 0.25) is 0 Å². The quantitative estimate of drug-likeness (QED) is 0.712. The molecule has 1 rings (SSSR count). The van der Waals surface area contributed by atoms with Crippen LogP contribution in [-0.2, 0) is 7.05 Å². The van der Waals surface area contributed by atoms with Crippen LogP contribution in [0.15, 0.2) is 12.4 Å². The van der Waals surface area contributed by atoms with Crippen molar-refractivity contribution in [2.75, 3.05) is 6.54 Å². The molecule has 14 heavy (non-hydrogen) atoms. The van der Waals surface area contributed by atoms with E-state index < -0.39 is 0 Å². The van der Waals surface area contributed by atoms with E-state index in [0.717, 1.165) is 6.42 Å². The van der Waals surface area contributed by atoms with E-state index >= 15 is 0 Å². The Hall–Kier alpha value is -1.16. The molecule has 1 atom stereocenters. The van der Waals surface area contributed by atoms with E-state index in [9.17, 15) is 4.79 Å². The summed E-state index contributed by atoms with van der Waals surface area (Å²) in [4.78, 5) is 15.7. The lowest BCUT2D eigenvalue weighted by molar-refractivity contribution is 0.0948. The van der Waals surface area contributed by atoms with Crippen molar-refractivity contribution in [3.8, 4) is 0 Å². The molecule has 0 amide bonds. The number of aryl methyl sites for hydroxylation is 1. The van der Waals surface area contributed by atoms with Crippen LogP contribution in [0.2, 0.25) is 0 Å². The second kappa shape index (κ2) is 4.91. The minimum atomic E-state index is 0.0785. The highest BCUT2D eigenvalue weighted by Crippen LogP contribution is 2.10. The van der Waals surface area contributed by atoms with Gasteiger partial charge in [-0.25, -0.2) is 4.98 Å². The molecule has 1 unspecified atom stereocenters. The molecule has 0 radical (unpaired) electrons. The van der Waals surface area contributed by atoms with Crippen LogP contribution in [0.1, 0.15) is 30.4 Å².